The Labute approximate surface area is 186 Å². The first-order valence-electron chi connectivity index (χ1n) is 9.89. The summed E-state index contributed by atoms with van der Waals surface area (Å²) in [4.78, 5) is 29.8. The van der Waals surface area contributed by atoms with Crippen LogP contribution in [0.1, 0.15) is 40.6 Å². The van der Waals surface area contributed by atoms with Gasteiger partial charge >= 0.3 is 0 Å². The summed E-state index contributed by atoms with van der Waals surface area (Å²) in [5, 5.41) is 0.473. The Morgan fingerprint density at radius 1 is 1.17 bits per heavy atom. The molecular formula is C23H20BrNO4S. The van der Waals surface area contributed by atoms with Gasteiger partial charge in [-0.1, -0.05) is 28.1 Å². The van der Waals surface area contributed by atoms with Crippen LogP contribution in [0.15, 0.2) is 61.0 Å². The van der Waals surface area contributed by atoms with E-state index in [1.807, 2.05) is 30.5 Å². The number of nitrogens with zero attached hydrogens (tertiary/aromatic N) is 1. The lowest BCUT2D eigenvalue weighted by Gasteiger charge is -2.27. The van der Waals surface area contributed by atoms with Crippen molar-refractivity contribution in [2.24, 2.45) is 0 Å². The van der Waals surface area contributed by atoms with Gasteiger partial charge in [0, 0.05) is 22.5 Å². The fraction of sp³-hybridized carbons (Fsp3) is 0.304. The number of thioether (sulfide) groups is 1. The SMILES string of the molecule is CSc1ccc([C@@H]2c3c(oc4ccc(Br)cc4c3=O)C(=O)N2C[C@H]2CCCO2)cc1. The number of carbonyl (C=O) groups is 1. The first kappa shape index (κ1) is 19.8. The molecule has 1 amide bonds. The van der Waals surface area contributed by atoms with Gasteiger partial charge in [0.05, 0.1) is 23.1 Å². The summed E-state index contributed by atoms with van der Waals surface area (Å²) in [6.45, 7) is 1.15. The number of ether oxygens (including phenoxy) is 1. The van der Waals surface area contributed by atoms with Crippen LogP contribution in [0.3, 0.4) is 0 Å². The lowest BCUT2D eigenvalue weighted by Crippen LogP contribution is -2.36. The van der Waals surface area contributed by atoms with Crippen LogP contribution in [-0.4, -0.2) is 36.3 Å². The summed E-state index contributed by atoms with van der Waals surface area (Å²) >= 11 is 5.08. The Morgan fingerprint density at radius 2 is 1.97 bits per heavy atom. The number of carbonyl (C=O) groups excluding carboxylic acids is 1. The van der Waals surface area contributed by atoms with Crippen molar-refractivity contribution in [3.63, 3.8) is 0 Å². The van der Waals surface area contributed by atoms with Crippen molar-refractivity contribution in [1.82, 2.24) is 4.90 Å². The molecule has 0 spiro atoms. The molecule has 1 aromatic heterocycles. The molecule has 2 atom stereocenters. The summed E-state index contributed by atoms with van der Waals surface area (Å²) in [7, 11) is 0. The first-order chi connectivity index (χ1) is 14.6. The standard InChI is InChI=1S/C23H20BrNO4S/c1-30-16-7-4-13(5-8-16)20-19-21(26)17-11-14(24)6-9-18(17)29-22(19)23(27)25(20)12-15-3-2-10-28-15/h4-9,11,15,20H,2-3,10,12H2,1H3/t15-,20-/m1/s1. The Morgan fingerprint density at radius 3 is 2.67 bits per heavy atom. The van der Waals surface area contributed by atoms with E-state index in [4.69, 9.17) is 9.15 Å². The van der Waals surface area contributed by atoms with Gasteiger partial charge in [-0.05, 0) is 55.0 Å². The second-order valence-electron chi connectivity index (χ2n) is 7.58. The third kappa shape index (κ3) is 3.29. The summed E-state index contributed by atoms with van der Waals surface area (Å²) in [5.41, 5.74) is 1.58. The maximum Gasteiger partial charge on any atom is 0.291 e. The van der Waals surface area contributed by atoms with Crippen molar-refractivity contribution < 1.29 is 13.9 Å². The maximum atomic E-state index is 13.5. The molecule has 2 aliphatic rings. The highest BCUT2D eigenvalue weighted by Gasteiger charge is 2.43. The van der Waals surface area contributed by atoms with Crippen LogP contribution in [0.2, 0.25) is 0 Å². The number of hydrogen-bond acceptors (Lipinski definition) is 5. The first-order valence-corrected chi connectivity index (χ1v) is 11.9. The van der Waals surface area contributed by atoms with E-state index in [-0.39, 0.29) is 23.2 Å². The molecule has 2 aromatic carbocycles. The molecule has 3 heterocycles. The van der Waals surface area contributed by atoms with Gasteiger partial charge in [0.2, 0.25) is 5.76 Å². The average Bonchev–Trinajstić information content (AvgIpc) is 3.37. The molecule has 0 radical (unpaired) electrons. The minimum absolute atomic E-state index is 0.0186. The van der Waals surface area contributed by atoms with Crippen molar-refractivity contribution in [1.29, 1.82) is 0 Å². The van der Waals surface area contributed by atoms with Gasteiger partial charge in [-0.2, -0.15) is 0 Å². The van der Waals surface area contributed by atoms with E-state index in [1.54, 1.807) is 34.9 Å². The Balaban J connectivity index is 1.69. The van der Waals surface area contributed by atoms with Gasteiger partial charge < -0.3 is 14.1 Å². The van der Waals surface area contributed by atoms with Crippen molar-refractivity contribution in [3.8, 4) is 0 Å². The third-order valence-electron chi connectivity index (χ3n) is 5.78. The quantitative estimate of drug-likeness (QED) is 0.486. The van der Waals surface area contributed by atoms with Gasteiger partial charge in [0.25, 0.3) is 5.91 Å². The smallest absolute Gasteiger partial charge is 0.291 e. The second-order valence-corrected chi connectivity index (χ2v) is 9.38. The molecule has 5 rings (SSSR count). The van der Waals surface area contributed by atoms with Crippen LogP contribution in [0, 0.1) is 0 Å². The highest BCUT2D eigenvalue weighted by atomic mass is 79.9. The molecule has 1 saturated heterocycles. The summed E-state index contributed by atoms with van der Waals surface area (Å²) < 4.78 is 12.6. The molecule has 30 heavy (non-hydrogen) atoms. The predicted octanol–water partition coefficient (Wildman–Crippen LogP) is 5.00. The van der Waals surface area contributed by atoms with Gasteiger partial charge in [-0.15, -0.1) is 11.8 Å². The number of amides is 1. The zero-order valence-corrected chi connectivity index (χ0v) is 18.8. The van der Waals surface area contributed by atoms with Gasteiger partial charge in [-0.25, -0.2) is 0 Å². The molecule has 0 bridgehead atoms. The minimum atomic E-state index is -0.479. The lowest BCUT2D eigenvalue weighted by atomic mass is 9.98. The molecule has 7 heteroatoms. The van der Waals surface area contributed by atoms with E-state index < -0.39 is 6.04 Å². The molecule has 5 nitrogen and oxygen atoms in total. The summed E-state index contributed by atoms with van der Waals surface area (Å²) in [6, 6.07) is 12.8. The van der Waals surface area contributed by atoms with Crippen molar-refractivity contribution >= 4 is 44.6 Å². The zero-order chi connectivity index (χ0) is 20.8. The number of halogens is 1. The maximum absolute atomic E-state index is 13.5. The largest absolute Gasteiger partial charge is 0.450 e. The number of fused-ring (bicyclic) bond motifs is 2. The van der Waals surface area contributed by atoms with E-state index in [0.717, 1.165) is 27.8 Å². The Bertz CT molecular complexity index is 1180. The van der Waals surface area contributed by atoms with Crippen LogP contribution in [0.4, 0.5) is 0 Å². The highest BCUT2D eigenvalue weighted by Crippen LogP contribution is 2.39. The topological polar surface area (TPSA) is 59.8 Å². The normalized spacial score (nSPS) is 20.9. The molecule has 0 aliphatic carbocycles. The van der Waals surface area contributed by atoms with Crippen molar-refractivity contribution in [2.45, 2.75) is 29.9 Å². The summed E-state index contributed by atoms with van der Waals surface area (Å²) in [5.74, 6) is -0.104. The molecule has 0 saturated carbocycles. The molecule has 0 N–H and O–H groups in total. The summed E-state index contributed by atoms with van der Waals surface area (Å²) in [6.07, 6.45) is 3.90. The van der Waals surface area contributed by atoms with Gasteiger partial charge in [0.1, 0.15) is 5.58 Å². The second kappa shape index (κ2) is 7.87. The molecule has 2 aliphatic heterocycles. The number of hydrogen-bond donors (Lipinski definition) is 0. The van der Waals surface area contributed by atoms with E-state index in [0.29, 0.717) is 29.7 Å². The number of benzene rings is 2. The van der Waals surface area contributed by atoms with Crippen LogP contribution in [0.25, 0.3) is 11.0 Å². The lowest BCUT2D eigenvalue weighted by molar-refractivity contribution is 0.0486. The van der Waals surface area contributed by atoms with Gasteiger partial charge in [0.15, 0.2) is 5.43 Å². The van der Waals surface area contributed by atoms with E-state index in [1.165, 1.54) is 0 Å². The van der Waals surface area contributed by atoms with Crippen molar-refractivity contribution in [3.05, 3.63) is 74.0 Å². The molecule has 0 unspecified atom stereocenters. The van der Waals surface area contributed by atoms with E-state index >= 15 is 0 Å². The predicted molar refractivity (Wildman–Crippen MR) is 120 cm³/mol. The minimum Gasteiger partial charge on any atom is -0.450 e. The van der Waals surface area contributed by atoms with E-state index in [2.05, 4.69) is 15.9 Å². The van der Waals surface area contributed by atoms with Crippen LogP contribution in [0.5, 0.6) is 0 Å². The molecule has 154 valence electrons. The highest BCUT2D eigenvalue weighted by molar-refractivity contribution is 9.10. The Kier molecular flexibility index (Phi) is 5.21. The fourth-order valence-electron chi connectivity index (χ4n) is 4.32. The van der Waals surface area contributed by atoms with Crippen LogP contribution < -0.4 is 5.43 Å². The monoisotopic (exact) mass is 485 g/mol. The average molecular weight is 486 g/mol. The third-order valence-corrected chi connectivity index (χ3v) is 7.02. The van der Waals surface area contributed by atoms with Crippen molar-refractivity contribution in [2.75, 3.05) is 19.4 Å². The van der Waals surface area contributed by atoms with Gasteiger partial charge in [-0.3, -0.25) is 9.59 Å². The van der Waals surface area contributed by atoms with Crippen LogP contribution >= 0.6 is 27.7 Å². The van der Waals surface area contributed by atoms with Crippen LogP contribution in [-0.2, 0) is 4.74 Å². The zero-order valence-electron chi connectivity index (χ0n) is 16.4. The number of rotatable bonds is 4. The van der Waals surface area contributed by atoms with E-state index in [9.17, 15) is 9.59 Å². The Hall–Kier alpha value is -2.09. The molecule has 3 aromatic rings. The fourth-order valence-corrected chi connectivity index (χ4v) is 5.09. The molecule has 1 fully saturated rings. The molecular weight excluding hydrogens is 466 g/mol.